The molecule has 0 radical (unpaired) electrons. The molecule has 0 bridgehead atoms. The van der Waals surface area contributed by atoms with Crippen LogP contribution in [0.25, 0.3) is 0 Å². The molecule has 0 fully saturated rings. The lowest BCUT2D eigenvalue weighted by Crippen LogP contribution is -2.34. The Labute approximate surface area is 114 Å². The third kappa shape index (κ3) is 4.58. The third-order valence-corrected chi connectivity index (χ3v) is 3.26. The van der Waals surface area contributed by atoms with Gasteiger partial charge in [0.1, 0.15) is 0 Å². The van der Waals surface area contributed by atoms with Crippen molar-refractivity contribution in [3.05, 3.63) is 34.3 Å². The highest BCUT2D eigenvalue weighted by Crippen LogP contribution is 2.25. The number of aryl methyl sites for hydroxylation is 1. The number of hydrogen-bond acceptors (Lipinski definition) is 3. The molecule has 0 heterocycles. The zero-order valence-corrected chi connectivity index (χ0v) is 12.1. The number of rotatable bonds is 6. The predicted octanol–water partition coefficient (Wildman–Crippen LogP) is 2.95. The molecule has 1 aromatic carbocycles. The average molecular weight is 273 g/mol. The van der Waals surface area contributed by atoms with Crippen LogP contribution in [-0.4, -0.2) is 31.2 Å². The highest BCUT2D eigenvalue weighted by Gasteiger charge is 2.26. The average Bonchev–Trinajstić information content (AvgIpc) is 2.30. The number of ether oxygens (including phenoxy) is 2. The molecule has 0 saturated heterocycles. The first-order valence-corrected chi connectivity index (χ1v) is 6.29. The second-order valence-corrected chi connectivity index (χ2v) is 5.28. The summed E-state index contributed by atoms with van der Waals surface area (Å²) in [7, 11) is 3.12. The van der Waals surface area contributed by atoms with Crippen molar-refractivity contribution in [2.75, 3.05) is 14.2 Å². The van der Waals surface area contributed by atoms with E-state index >= 15 is 0 Å². The van der Waals surface area contributed by atoms with E-state index in [1.54, 1.807) is 21.1 Å². The van der Waals surface area contributed by atoms with E-state index in [1.165, 1.54) is 0 Å². The summed E-state index contributed by atoms with van der Waals surface area (Å²) in [6, 6.07) is 5.83. The van der Waals surface area contributed by atoms with Gasteiger partial charge < -0.3 is 14.6 Å². The second-order valence-electron chi connectivity index (χ2n) is 4.87. The molecule has 102 valence electrons. The maximum Gasteiger partial charge on any atom is 0.159 e. The van der Waals surface area contributed by atoms with Crippen LogP contribution in [0.5, 0.6) is 0 Å². The maximum atomic E-state index is 10.4. The molecule has 0 amide bonds. The molecule has 0 aromatic heterocycles. The van der Waals surface area contributed by atoms with Crippen LogP contribution in [0.2, 0.25) is 5.02 Å². The Hall–Kier alpha value is -0.610. The normalized spacial score (nSPS) is 14.8. The summed E-state index contributed by atoms with van der Waals surface area (Å²) in [4.78, 5) is 0. The van der Waals surface area contributed by atoms with Crippen LogP contribution in [0.1, 0.15) is 24.5 Å². The summed E-state index contributed by atoms with van der Waals surface area (Å²) in [6.45, 7) is 3.74. The fourth-order valence-corrected chi connectivity index (χ4v) is 2.20. The lowest BCUT2D eigenvalue weighted by molar-refractivity contribution is -0.139. The molecule has 1 atom stereocenters. The van der Waals surface area contributed by atoms with E-state index in [4.69, 9.17) is 21.1 Å². The summed E-state index contributed by atoms with van der Waals surface area (Å²) >= 11 is 6.17. The minimum Gasteiger partial charge on any atom is -0.390 e. The van der Waals surface area contributed by atoms with Gasteiger partial charge in [-0.05, 0) is 31.0 Å². The van der Waals surface area contributed by atoms with E-state index in [1.807, 2.05) is 25.1 Å². The van der Waals surface area contributed by atoms with Crippen molar-refractivity contribution in [1.82, 2.24) is 0 Å². The van der Waals surface area contributed by atoms with Crippen molar-refractivity contribution in [2.24, 2.45) is 0 Å². The van der Waals surface area contributed by atoms with Crippen molar-refractivity contribution < 1.29 is 14.6 Å². The molecular formula is C14H21ClO3. The summed E-state index contributed by atoms with van der Waals surface area (Å²) in [5, 5.41) is 11.1. The monoisotopic (exact) mass is 272 g/mol. The molecule has 1 rings (SSSR count). The Kier molecular flexibility index (Phi) is 5.60. The second kappa shape index (κ2) is 6.53. The highest BCUT2D eigenvalue weighted by molar-refractivity contribution is 6.31. The lowest BCUT2D eigenvalue weighted by atomic mass is 9.92. The van der Waals surface area contributed by atoms with Gasteiger partial charge in [0.15, 0.2) is 6.29 Å². The lowest BCUT2D eigenvalue weighted by Gasteiger charge is -2.27. The van der Waals surface area contributed by atoms with Gasteiger partial charge in [0.2, 0.25) is 0 Å². The Morgan fingerprint density at radius 2 is 1.94 bits per heavy atom. The van der Waals surface area contributed by atoms with Crippen molar-refractivity contribution in [3.8, 4) is 0 Å². The fraction of sp³-hybridized carbons (Fsp3) is 0.571. The number of halogens is 1. The van der Waals surface area contributed by atoms with E-state index in [0.29, 0.717) is 17.9 Å². The number of benzene rings is 1. The molecule has 3 nitrogen and oxygen atoms in total. The van der Waals surface area contributed by atoms with Gasteiger partial charge in [-0.1, -0.05) is 23.7 Å². The Bertz CT molecular complexity index is 387. The van der Waals surface area contributed by atoms with Gasteiger partial charge in [-0.3, -0.25) is 0 Å². The van der Waals surface area contributed by atoms with Gasteiger partial charge in [-0.2, -0.15) is 0 Å². The Morgan fingerprint density at radius 3 is 2.44 bits per heavy atom. The van der Waals surface area contributed by atoms with Gasteiger partial charge >= 0.3 is 0 Å². The van der Waals surface area contributed by atoms with Crippen LogP contribution >= 0.6 is 11.6 Å². The van der Waals surface area contributed by atoms with Gasteiger partial charge in [-0.15, -0.1) is 0 Å². The van der Waals surface area contributed by atoms with E-state index in [9.17, 15) is 5.11 Å². The van der Waals surface area contributed by atoms with Crippen LogP contribution in [0.15, 0.2) is 18.2 Å². The van der Waals surface area contributed by atoms with Crippen molar-refractivity contribution in [1.29, 1.82) is 0 Å². The van der Waals surface area contributed by atoms with Crippen molar-refractivity contribution in [2.45, 2.75) is 38.6 Å². The molecule has 0 saturated carbocycles. The van der Waals surface area contributed by atoms with E-state index in [0.717, 1.165) is 11.1 Å². The quantitative estimate of drug-likeness (QED) is 0.809. The molecule has 0 aliphatic heterocycles. The third-order valence-electron chi connectivity index (χ3n) is 2.91. The predicted molar refractivity (Wildman–Crippen MR) is 72.9 cm³/mol. The van der Waals surface area contributed by atoms with Gasteiger partial charge in [0, 0.05) is 32.1 Å². The molecule has 0 aliphatic rings. The summed E-state index contributed by atoms with van der Waals surface area (Å²) in [5.74, 6) is 0. The number of methoxy groups -OCH3 is 2. The van der Waals surface area contributed by atoms with Crippen molar-refractivity contribution in [3.63, 3.8) is 0 Å². The van der Waals surface area contributed by atoms with Gasteiger partial charge in [-0.25, -0.2) is 0 Å². The first-order valence-electron chi connectivity index (χ1n) is 5.91. The van der Waals surface area contributed by atoms with Crippen LogP contribution in [0.3, 0.4) is 0 Å². The van der Waals surface area contributed by atoms with Crippen LogP contribution < -0.4 is 0 Å². The van der Waals surface area contributed by atoms with Crippen molar-refractivity contribution >= 4 is 11.6 Å². The largest absolute Gasteiger partial charge is 0.390 e. The fourth-order valence-electron chi connectivity index (χ4n) is 1.90. The molecule has 4 heteroatoms. The van der Waals surface area contributed by atoms with E-state index in [2.05, 4.69) is 0 Å². The number of aliphatic hydroxyl groups is 1. The topological polar surface area (TPSA) is 38.7 Å². The van der Waals surface area contributed by atoms with E-state index < -0.39 is 11.9 Å². The minimum atomic E-state index is -0.921. The first kappa shape index (κ1) is 15.4. The summed E-state index contributed by atoms with van der Waals surface area (Å²) in [6.07, 6.45) is 0.448. The maximum absolute atomic E-state index is 10.4. The van der Waals surface area contributed by atoms with Crippen LogP contribution in [-0.2, 0) is 15.9 Å². The van der Waals surface area contributed by atoms with Gasteiger partial charge in [0.05, 0.1) is 5.60 Å². The SMILES string of the molecule is COC(CC(C)(O)Cc1ccc(C)cc1Cl)OC. The van der Waals surface area contributed by atoms with E-state index in [-0.39, 0.29) is 0 Å². The molecule has 1 N–H and O–H groups in total. The highest BCUT2D eigenvalue weighted by atomic mass is 35.5. The summed E-state index contributed by atoms with van der Waals surface area (Å²) in [5.41, 5.74) is 1.11. The first-order chi connectivity index (χ1) is 8.38. The standard InChI is InChI=1S/C14H21ClO3/c1-10-5-6-11(12(15)7-10)8-14(2,16)9-13(17-3)18-4/h5-7,13,16H,8-9H2,1-4H3. The number of hydrogen-bond donors (Lipinski definition) is 1. The zero-order valence-electron chi connectivity index (χ0n) is 11.4. The zero-order chi connectivity index (χ0) is 13.8. The van der Waals surface area contributed by atoms with Crippen LogP contribution in [0, 0.1) is 6.92 Å². The molecule has 0 spiro atoms. The molecule has 0 aliphatic carbocycles. The van der Waals surface area contributed by atoms with Gasteiger partial charge in [0.25, 0.3) is 0 Å². The summed E-state index contributed by atoms with van der Waals surface area (Å²) < 4.78 is 10.2. The smallest absolute Gasteiger partial charge is 0.159 e. The molecule has 1 unspecified atom stereocenters. The van der Waals surface area contributed by atoms with Crippen LogP contribution in [0.4, 0.5) is 0 Å². The Balaban J connectivity index is 2.75. The molecule has 18 heavy (non-hydrogen) atoms. The Morgan fingerprint density at radius 1 is 1.33 bits per heavy atom. The molecule has 1 aromatic rings. The minimum absolute atomic E-state index is 0.393. The molecular weight excluding hydrogens is 252 g/mol.